The zero-order valence-electron chi connectivity index (χ0n) is 16.4. The molecule has 152 valence electrons. The molecule has 0 N–H and O–H groups in total. The number of carbonyl (C=O) groups excluding carboxylic acids is 3. The van der Waals surface area contributed by atoms with E-state index in [9.17, 15) is 14.4 Å². The highest BCUT2D eigenvalue weighted by atomic mass is 79.9. The largest absolute Gasteiger partial charge is 0.497 e. The van der Waals surface area contributed by atoms with E-state index in [4.69, 9.17) is 14.2 Å². The predicted molar refractivity (Wildman–Crippen MR) is 110 cm³/mol. The van der Waals surface area contributed by atoms with Gasteiger partial charge in [0.25, 0.3) is 0 Å². The first-order chi connectivity index (χ1) is 13.8. The van der Waals surface area contributed by atoms with E-state index < -0.39 is 23.1 Å². The smallest absolute Gasteiger partial charge is 0.339 e. The predicted octanol–water partition coefficient (Wildman–Crippen LogP) is 4.40. The number of ketones is 2. The number of esters is 1. The summed E-state index contributed by atoms with van der Waals surface area (Å²) in [5.74, 6) is -0.750. The topological polar surface area (TPSA) is 78.9 Å². The third kappa shape index (κ3) is 3.92. The van der Waals surface area contributed by atoms with Crippen molar-refractivity contribution in [3.8, 4) is 5.75 Å². The van der Waals surface area contributed by atoms with Crippen LogP contribution in [-0.2, 0) is 19.1 Å². The van der Waals surface area contributed by atoms with E-state index in [0.29, 0.717) is 23.5 Å². The van der Waals surface area contributed by atoms with Crippen LogP contribution in [0.1, 0.15) is 43.5 Å². The Hall–Kier alpha value is -2.67. The molecule has 29 heavy (non-hydrogen) atoms. The summed E-state index contributed by atoms with van der Waals surface area (Å²) in [5.41, 5.74) is -1.13. The standard InChI is InChI=1S/C22H21BrO6/c1-4-5-6-15-11-16-17(12-28-15)19(24)22(2,20(25)18(16)23)29-21(26)13-7-9-14(27-3)10-8-13/h7-12H,4-6H2,1-3H3. The molecule has 1 atom stereocenters. The lowest BCUT2D eigenvalue weighted by atomic mass is 9.80. The minimum absolute atomic E-state index is 0.186. The Kier molecular flexibility index (Phi) is 6.07. The van der Waals surface area contributed by atoms with Crippen molar-refractivity contribution >= 4 is 33.5 Å². The van der Waals surface area contributed by atoms with Crippen LogP contribution in [0.15, 0.2) is 58.0 Å². The van der Waals surface area contributed by atoms with Crippen LogP contribution in [0.5, 0.6) is 5.75 Å². The maximum Gasteiger partial charge on any atom is 0.339 e. The Morgan fingerprint density at radius 3 is 2.48 bits per heavy atom. The van der Waals surface area contributed by atoms with E-state index in [0.717, 1.165) is 12.8 Å². The van der Waals surface area contributed by atoms with Crippen molar-refractivity contribution in [1.29, 1.82) is 0 Å². The molecule has 0 spiro atoms. The second-order valence-corrected chi connectivity index (χ2v) is 7.69. The van der Waals surface area contributed by atoms with Crippen molar-refractivity contribution < 1.29 is 28.6 Å². The molecule has 1 aromatic carbocycles. The van der Waals surface area contributed by atoms with Crippen molar-refractivity contribution in [3.63, 3.8) is 0 Å². The van der Waals surface area contributed by atoms with Gasteiger partial charge in [0.05, 0.1) is 22.7 Å². The number of hydrogen-bond acceptors (Lipinski definition) is 6. The van der Waals surface area contributed by atoms with Gasteiger partial charge in [-0.3, -0.25) is 9.59 Å². The molecular weight excluding hydrogens is 440 g/mol. The van der Waals surface area contributed by atoms with Gasteiger partial charge in [0, 0.05) is 12.0 Å². The van der Waals surface area contributed by atoms with Gasteiger partial charge in [0.1, 0.15) is 17.8 Å². The summed E-state index contributed by atoms with van der Waals surface area (Å²) < 4.78 is 16.2. The van der Waals surface area contributed by atoms with Gasteiger partial charge in [0.15, 0.2) is 0 Å². The minimum Gasteiger partial charge on any atom is -0.497 e. The third-order valence-electron chi connectivity index (χ3n) is 4.87. The molecule has 1 heterocycles. The highest BCUT2D eigenvalue weighted by Crippen LogP contribution is 2.40. The molecule has 3 rings (SSSR count). The molecule has 1 unspecified atom stereocenters. The van der Waals surface area contributed by atoms with E-state index in [1.165, 1.54) is 32.4 Å². The second kappa shape index (κ2) is 8.37. The minimum atomic E-state index is -1.98. The van der Waals surface area contributed by atoms with E-state index in [2.05, 4.69) is 22.9 Å². The number of allylic oxidation sites excluding steroid dienone is 3. The Morgan fingerprint density at radius 2 is 1.86 bits per heavy atom. The van der Waals surface area contributed by atoms with Crippen molar-refractivity contribution in [1.82, 2.24) is 0 Å². The van der Waals surface area contributed by atoms with Gasteiger partial charge in [-0.1, -0.05) is 13.3 Å². The average Bonchev–Trinajstić information content (AvgIpc) is 2.75. The number of Topliss-reactive ketones (excluding diaryl/α,β-unsaturated/α-hetero) is 2. The molecule has 0 amide bonds. The van der Waals surface area contributed by atoms with Gasteiger partial charge >= 0.3 is 5.97 Å². The molecule has 1 aliphatic carbocycles. The average molecular weight is 461 g/mol. The molecule has 0 radical (unpaired) electrons. The van der Waals surface area contributed by atoms with Gasteiger partial charge in [-0.05, 0) is 59.6 Å². The molecule has 1 aromatic rings. The molecule has 1 aliphatic heterocycles. The first-order valence-electron chi connectivity index (χ1n) is 9.26. The van der Waals surface area contributed by atoms with Crippen molar-refractivity contribution in [2.45, 2.75) is 38.7 Å². The number of unbranched alkanes of at least 4 members (excludes halogenated alkanes) is 1. The highest BCUT2D eigenvalue weighted by Gasteiger charge is 2.52. The van der Waals surface area contributed by atoms with Crippen LogP contribution in [0, 0.1) is 0 Å². The summed E-state index contributed by atoms with van der Waals surface area (Å²) in [6, 6.07) is 6.20. The first-order valence-corrected chi connectivity index (χ1v) is 10.1. The Balaban J connectivity index is 1.90. The van der Waals surface area contributed by atoms with Crippen molar-refractivity contribution in [2.75, 3.05) is 7.11 Å². The van der Waals surface area contributed by atoms with Gasteiger partial charge in [-0.15, -0.1) is 0 Å². The Morgan fingerprint density at radius 1 is 1.17 bits per heavy atom. The van der Waals surface area contributed by atoms with Crippen LogP contribution in [0.25, 0.3) is 0 Å². The van der Waals surface area contributed by atoms with E-state index >= 15 is 0 Å². The maximum atomic E-state index is 13.1. The number of methoxy groups -OCH3 is 1. The molecule has 0 bridgehead atoms. The number of ether oxygens (including phenoxy) is 3. The molecular formula is C22H21BrO6. The van der Waals surface area contributed by atoms with Crippen LogP contribution in [0.3, 0.4) is 0 Å². The maximum absolute atomic E-state index is 13.1. The lowest BCUT2D eigenvalue weighted by molar-refractivity contribution is -0.145. The second-order valence-electron chi connectivity index (χ2n) is 6.90. The molecule has 6 nitrogen and oxygen atoms in total. The highest BCUT2D eigenvalue weighted by molar-refractivity contribution is 9.12. The molecule has 0 saturated carbocycles. The number of carbonyl (C=O) groups is 3. The summed E-state index contributed by atoms with van der Waals surface area (Å²) in [7, 11) is 1.51. The van der Waals surface area contributed by atoms with Gasteiger partial charge in [-0.2, -0.15) is 0 Å². The first kappa shape index (κ1) is 21.0. The number of rotatable bonds is 6. The van der Waals surface area contributed by atoms with E-state index in [-0.39, 0.29) is 15.6 Å². The van der Waals surface area contributed by atoms with E-state index in [1.54, 1.807) is 18.2 Å². The van der Waals surface area contributed by atoms with E-state index in [1.807, 2.05) is 0 Å². The summed E-state index contributed by atoms with van der Waals surface area (Å²) in [4.78, 5) is 38.6. The number of hydrogen-bond donors (Lipinski definition) is 0. The lowest BCUT2D eigenvalue weighted by Crippen LogP contribution is -2.51. The molecule has 0 fully saturated rings. The van der Waals surface area contributed by atoms with Crippen LogP contribution in [0.4, 0.5) is 0 Å². The van der Waals surface area contributed by atoms with Crippen LogP contribution in [0.2, 0.25) is 0 Å². The summed E-state index contributed by atoms with van der Waals surface area (Å²) in [6.45, 7) is 3.37. The Bertz CT molecular complexity index is 954. The zero-order valence-corrected chi connectivity index (χ0v) is 18.0. The van der Waals surface area contributed by atoms with Gasteiger partial charge in [-0.25, -0.2) is 4.79 Å². The van der Waals surface area contributed by atoms with Crippen LogP contribution < -0.4 is 4.74 Å². The van der Waals surface area contributed by atoms with Crippen LogP contribution >= 0.6 is 15.9 Å². The molecule has 0 saturated heterocycles. The molecule has 7 heteroatoms. The SMILES string of the molecule is CCCCC1=CC2=C(Br)C(=O)C(C)(OC(=O)c3ccc(OC)cc3)C(=O)C2=CO1. The van der Waals surface area contributed by atoms with Gasteiger partial charge in [0.2, 0.25) is 17.2 Å². The molecule has 0 aromatic heterocycles. The summed E-state index contributed by atoms with van der Waals surface area (Å²) >= 11 is 3.29. The number of benzene rings is 1. The summed E-state index contributed by atoms with van der Waals surface area (Å²) in [6.07, 6.45) is 5.65. The molecule has 2 aliphatic rings. The fourth-order valence-electron chi connectivity index (χ4n) is 3.07. The zero-order chi connectivity index (χ0) is 21.2. The fourth-order valence-corrected chi connectivity index (χ4v) is 3.77. The van der Waals surface area contributed by atoms with Crippen LogP contribution in [-0.4, -0.2) is 30.2 Å². The monoisotopic (exact) mass is 460 g/mol. The number of halogens is 1. The van der Waals surface area contributed by atoms with Crippen molar-refractivity contribution in [3.05, 3.63) is 63.6 Å². The quantitative estimate of drug-likeness (QED) is 0.462. The van der Waals surface area contributed by atoms with Gasteiger partial charge < -0.3 is 14.2 Å². The Labute approximate surface area is 177 Å². The fraction of sp³-hybridized carbons (Fsp3) is 0.318. The lowest BCUT2D eigenvalue weighted by Gasteiger charge is -2.33. The number of fused-ring (bicyclic) bond motifs is 1. The third-order valence-corrected chi connectivity index (χ3v) is 5.66. The normalized spacial score (nSPS) is 21.1. The van der Waals surface area contributed by atoms with Crippen molar-refractivity contribution in [2.24, 2.45) is 0 Å². The summed E-state index contributed by atoms with van der Waals surface area (Å²) in [5, 5.41) is 0.